The first-order valence-corrected chi connectivity index (χ1v) is 11.8. The molecule has 4 rings (SSSR count). The van der Waals surface area contributed by atoms with Crippen molar-refractivity contribution in [2.24, 2.45) is 0 Å². The van der Waals surface area contributed by atoms with Gasteiger partial charge in [0.15, 0.2) is 0 Å². The predicted molar refractivity (Wildman–Crippen MR) is 124 cm³/mol. The van der Waals surface area contributed by atoms with Gasteiger partial charge in [-0.05, 0) is 38.1 Å². The fourth-order valence-corrected chi connectivity index (χ4v) is 5.43. The second-order valence-corrected chi connectivity index (χ2v) is 9.78. The zero-order valence-corrected chi connectivity index (χ0v) is 19.0. The number of hydrogen-bond donors (Lipinski definition) is 1. The van der Waals surface area contributed by atoms with Crippen molar-refractivity contribution in [2.75, 3.05) is 36.4 Å². The highest BCUT2D eigenvalue weighted by molar-refractivity contribution is 7.89. The van der Waals surface area contributed by atoms with Crippen LogP contribution in [0.5, 0.6) is 0 Å². The Hall–Kier alpha value is -2.68. The summed E-state index contributed by atoms with van der Waals surface area (Å²) in [6, 6.07) is 16.5. The summed E-state index contributed by atoms with van der Waals surface area (Å²) in [5, 5.41) is 3.55. The maximum Gasteiger partial charge on any atom is 0.244 e. The van der Waals surface area contributed by atoms with Gasteiger partial charge in [0.05, 0.1) is 5.02 Å². The molecule has 0 bridgehead atoms. The van der Waals surface area contributed by atoms with Crippen LogP contribution in [0, 0.1) is 13.8 Å². The molecule has 1 aliphatic rings. The van der Waals surface area contributed by atoms with E-state index in [-0.39, 0.29) is 9.92 Å². The fourth-order valence-electron chi connectivity index (χ4n) is 3.51. The molecule has 0 radical (unpaired) electrons. The lowest BCUT2D eigenvalue weighted by atomic mass is 10.2. The van der Waals surface area contributed by atoms with Crippen molar-refractivity contribution < 1.29 is 8.42 Å². The topological polar surface area (TPSA) is 78.4 Å². The molecule has 0 amide bonds. The van der Waals surface area contributed by atoms with E-state index in [0.29, 0.717) is 37.8 Å². The molecule has 1 saturated heterocycles. The van der Waals surface area contributed by atoms with Gasteiger partial charge in [0.2, 0.25) is 10.0 Å². The van der Waals surface area contributed by atoms with Gasteiger partial charge in [-0.15, -0.1) is 0 Å². The van der Waals surface area contributed by atoms with Crippen molar-refractivity contribution in [2.45, 2.75) is 18.7 Å². The normalized spacial score (nSPS) is 15.1. The minimum absolute atomic E-state index is 0.146. The van der Waals surface area contributed by atoms with E-state index in [4.69, 9.17) is 11.6 Å². The smallest absolute Gasteiger partial charge is 0.244 e. The summed E-state index contributed by atoms with van der Waals surface area (Å²) >= 11 is 6.12. The number of nitrogens with one attached hydrogen (secondary N) is 1. The average Bonchev–Trinajstić information content (AvgIpc) is 2.75. The Morgan fingerprint density at radius 1 is 0.935 bits per heavy atom. The molecule has 1 aromatic heterocycles. The van der Waals surface area contributed by atoms with Crippen molar-refractivity contribution in [1.82, 2.24) is 14.3 Å². The summed E-state index contributed by atoms with van der Waals surface area (Å²) in [5.74, 6) is 2.13. The lowest BCUT2D eigenvalue weighted by Gasteiger charge is -2.35. The van der Waals surface area contributed by atoms with Crippen LogP contribution < -0.4 is 10.2 Å². The molecule has 2 aromatic carbocycles. The third kappa shape index (κ3) is 4.81. The summed E-state index contributed by atoms with van der Waals surface area (Å²) < 4.78 is 27.4. The molecule has 2 heterocycles. The molecule has 0 aliphatic carbocycles. The van der Waals surface area contributed by atoms with Crippen molar-refractivity contribution in [3.05, 3.63) is 71.0 Å². The fraction of sp³-hybridized carbons (Fsp3) is 0.273. The van der Waals surface area contributed by atoms with Gasteiger partial charge < -0.3 is 10.2 Å². The SMILES string of the molecule is Cc1ccc(Nc2cc(N3CCN(S(=O)(=O)c4ccccc4Cl)CC3)nc(C)n2)cc1. The van der Waals surface area contributed by atoms with E-state index >= 15 is 0 Å². The van der Waals surface area contributed by atoms with Gasteiger partial charge in [-0.3, -0.25) is 0 Å². The molecule has 31 heavy (non-hydrogen) atoms. The van der Waals surface area contributed by atoms with Crippen LogP contribution in [0.1, 0.15) is 11.4 Å². The summed E-state index contributed by atoms with van der Waals surface area (Å²) in [4.78, 5) is 11.3. The van der Waals surface area contributed by atoms with E-state index in [9.17, 15) is 8.42 Å². The number of benzene rings is 2. The van der Waals surface area contributed by atoms with Crippen molar-refractivity contribution in [1.29, 1.82) is 0 Å². The van der Waals surface area contributed by atoms with Crippen molar-refractivity contribution in [3.63, 3.8) is 0 Å². The largest absolute Gasteiger partial charge is 0.354 e. The molecule has 1 N–H and O–H groups in total. The zero-order chi connectivity index (χ0) is 22.0. The van der Waals surface area contributed by atoms with Gasteiger partial charge in [0, 0.05) is 37.9 Å². The minimum Gasteiger partial charge on any atom is -0.354 e. The van der Waals surface area contributed by atoms with E-state index in [0.717, 1.165) is 11.5 Å². The summed E-state index contributed by atoms with van der Waals surface area (Å²) in [5.41, 5.74) is 2.14. The Bertz CT molecular complexity index is 1180. The maximum absolute atomic E-state index is 13.0. The van der Waals surface area contributed by atoms with Crippen molar-refractivity contribution >= 4 is 38.9 Å². The quantitative estimate of drug-likeness (QED) is 0.623. The third-order valence-corrected chi connectivity index (χ3v) is 7.56. The molecule has 0 atom stereocenters. The third-order valence-electron chi connectivity index (χ3n) is 5.17. The molecule has 0 spiro atoms. The lowest BCUT2D eigenvalue weighted by molar-refractivity contribution is 0.383. The van der Waals surface area contributed by atoms with Crippen LogP contribution >= 0.6 is 11.6 Å². The van der Waals surface area contributed by atoms with Crippen LogP contribution in [0.15, 0.2) is 59.5 Å². The number of hydrogen-bond acceptors (Lipinski definition) is 6. The molecule has 0 unspecified atom stereocenters. The molecule has 1 fully saturated rings. The monoisotopic (exact) mass is 457 g/mol. The van der Waals surface area contributed by atoms with Gasteiger partial charge in [0.25, 0.3) is 0 Å². The van der Waals surface area contributed by atoms with Crippen LogP contribution in [-0.2, 0) is 10.0 Å². The molecule has 1 aliphatic heterocycles. The minimum atomic E-state index is -3.63. The highest BCUT2D eigenvalue weighted by Gasteiger charge is 2.30. The number of rotatable bonds is 5. The number of nitrogens with zero attached hydrogens (tertiary/aromatic N) is 4. The number of halogens is 1. The van der Waals surface area contributed by atoms with Gasteiger partial charge in [-0.1, -0.05) is 41.4 Å². The molecule has 9 heteroatoms. The zero-order valence-electron chi connectivity index (χ0n) is 17.4. The Morgan fingerprint density at radius 2 is 1.61 bits per heavy atom. The first-order chi connectivity index (χ1) is 14.8. The number of piperazine rings is 1. The van der Waals surface area contributed by atoms with Gasteiger partial charge in [-0.25, -0.2) is 18.4 Å². The first kappa shape index (κ1) is 21.5. The van der Waals surface area contributed by atoms with Crippen LogP contribution in [-0.4, -0.2) is 48.9 Å². The molecular weight excluding hydrogens is 434 g/mol. The Balaban J connectivity index is 1.48. The second kappa shape index (κ2) is 8.82. The Kier molecular flexibility index (Phi) is 6.13. The summed E-state index contributed by atoms with van der Waals surface area (Å²) in [6.45, 7) is 5.67. The first-order valence-electron chi connectivity index (χ1n) is 10.0. The number of anilines is 3. The van der Waals surface area contributed by atoms with E-state index in [2.05, 4.69) is 20.2 Å². The highest BCUT2D eigenvalue weighted by Crippen LogP contribution is 2.26. The van der Waals surface area contributed by atoms with Gasteiger partial charge in [-0.2, -0.15) is 4.31 Å². The molecular formula is C22H24ClN5O2S. The predicted octanol–water partition coefficient (Wildman–Crippen LogP) is 4.00. The van der Waals surface area contributed by atoms with E-state index in [1.807, 2.05) is 44.2 Å². The molecule has 7 nitrogen and oxygen atoms in total. The number of sulfonamides is 1. The van der Waals surface area contributed by atoms with Gasteiger partial charge >= 0.3 is 0 Å². The van der Waals surface area contributed by atoms with Gasteiger partial charge in [0.1, 0.15) is 22.4 Å². The van der Waals surface area contributed by atoms with Crippen LogP contribution in [0.25, 0.3) is 0 Å². The maximum atomic E-state index is 13.0. The molecule has 3 aromatic rings. The van der Waals surface area contributed by atoms with Crippen LogP contribution in [0.3, 0.4) is 0 Å². The molecule has 162 valence electrons. The average molecular weight is 458 g/mol. The van der Waals surface area contributed by atoms with Crippen LogP contribution in [0.2, 0.25) is 5.02 Å². The summed E-state index contributed by atoms with van der Waals surface area (Å²) in [6.07, 6.45) is 0. The molecule has 0 saturated carbocycles. The standard InChI is InChI=1S/C22H24ClN5O2S/c1-16-7-9-18(10-8-16)26-21-15-22(25-17(2)24-21)27-11-13-28(14-12-27)31(29,30)20-6-4-3-5-19(20)23/h3-10,15H,11-14H2,1-2H3,(H,24,25,26). The Labute approximate surface area is 187 Å². The van der Waals surface area contributed by atoms with E-state index < -0.39 is 10.0 Å². The second-order valence-electron chi connectivity index (χ2n) is 7.47. The highest BCUT2D eigenvalue weighted by atomic mass is 35.5. The lowest BCUT2D eigenvalue weighted by Crippen LogP contribution is -2.49. The summed E-state index contributed by atoms with van der Waals surface area (Å²) in [7, 11) is -3.63. The Morgan fingerprint density at radius 3 is 2.29 bits per heavy atom. The number of aromatic nitrogens is 2. The number of aryl methyl sites for hydroxylation is 2. The van der Waals surface area contributed by atoms with Crippen molar-refractivity contribution in [3.8, 4) is 0 Å². The van der Waals surface area contributed by atoms with E-state index in [1.54, 1.807) is 24.3 Å². The van der Waals surface area contributed by atoms with Crippen LogP contribution in [0.4, 0.5) is 17.3 Å². The van der Waals surface area contributed by atoms with E-state index in [1.165, 1.54) is 9.87 Å².